The van der Waals surface area contributed by atoms with Crippen LogP contribution in [-0.4, -0.2) is 23.2 Å². The number of nitrogens with zero attached hydrogens (tertiary/aromatic N) is 1. The molecule has 1 aliphatic rings. The molecule has 0 amide bonds. The molecule has 2 heterocycles. The molecule has 0 radical (unpaired) electrons. The van der Waals surface area contributed by atoms with Crippen molar-refractivity contribution in [2.75, 3.05) is 13.2 Å². The third-order valence-electron chi connectivity index (χ3n) is 3.62. The molecule has 1 fully saturated rings. The number of thioether (sulfide) groups is 1. The van der Waals surface area contributed by atoms with Gasteiger partial charge in [0.2, 0.25) is 0 Å². The number of aromatic nitrogens is 2. The van der Waals surface area contributed by atoms with Crippen molar-refractivity contribution in [2.45, 2.75) is 10.3 Å². The first-order valence-corrected chi connectivity index (χ1v) is 8.10. The van der Waals surface area contributed by atoms with Crippen LogP contribution in [-0.2, 0) is 14.6 Å². The Morgan fingerprint density at radius 2 is 1.70 bits per heavy atom. The van der Waals surface area contributed by atoms with Crippen molar-refractivity contribution in [3.8, 4) is 0 Å². The van der Waals surface area contributed by atoms with E-state index in [1.54, 1.807) is 6.07 Å². The minimum atomic E-state index is -0.973. The number of para-hydroxylation sites is 1. The number of nitrogens with one attached hydrogen (secondary N) is 1. The van der Waals surface area contributed by atoms with E-state index in [9.17, 15) is 4.79 Å². The lowest BCUT2D eigenvalue weighted by Crippen LogP contribution is -2.24. The summed E-state index contributed by atoms with van der Waals surface area (Å²) in [5.41, 5.74) is 1.37. The van der Waals surface area contributed by atoms with Crippen LogP contribution in [0.15, 0.2) is 64.5 Å². The maximum absolute atomic E-state index is 12.2. The predicted molar refractivity (Wildman–Crippen MR) is 88.2 cm³/mol. The molecular weight excluding hydrogens is 312 g/mol. The van der Waals surface area contributed by atoms with E-state index in [1.807, 2.05) is 48.5 Å². The number of fused-ring (bicyclic) bond motifs is 1. The Balaban J connectivity index is 1.77. The standard InChI is InChI=1S/C17H14N2O3S/c20-15-13-8-4-5-9-14(13)18-16(19-15)23-17(21-10-11-22-17)12-6-2-1-3-7-12/h1-9H,10-11H2,(H,18,19,20). The minimum Gasteiger partial charge on any atom is -0.335 e. The summed E-state index contributed by atoms with van der Waals surface area (Å²) >= 11 is 1.27. The van der Waals surface area contributed by atoms with Gasteiger partial charge in [-0.2, -0.15) is 0 Å². The summed E-state index contributed by atoms with van der Waals surface area (Å²) < 4.78 is 11.7. The molecule has 0 spiro atoms. The summed E-state index contributed by atoms with van der Waals surface area (Å²) in [6.07, 6.45) is 0. The van der Waals surface area contributed by atoms with Crippen molar-refractivity contribution in [3.05, 3.63) is 70.5 Å². The number of aromatic amines is 1. The number of hydrogen-bond acceptors (Lipinski definition) is 5. The molecule has 0 unspecified atom stereocenters. The second-order valence-electron chi connectivity index (χ2n) is 5.11. The van der Waals surface area contributed by atoms with Gasteiger partial charge < -0.3 is 14.5 Å². The Labute approximate surface area is 136 Å². The van der Waals surface area contributed by atoms with Crippen molar-refractivity contribution < 1.29 is 9.47 Å². The molecule has 0 aliphatic carbocycles. The van der Waals surface area contributed by atoms with Gasteiger partial charge in [0.15, 0.2) is 5.16 Å². The van der Waals surface area contributed by atoms with Gasteiger partial charge in [-0.05, 0) is 23.9 Å². The molecule has 0 atom stereocenters. The average Bonchev–Trinajstić information content (AvgIpc) is 3.05. The number of ether oxygens (including phenoxy) is 2. The minimum absolute atomic E-state index is 0.167. The fourth-order valence-corrected chi connectivity index (χ4v) is 3.64. The molecule has 1 N–H and O–H groups in total. The zero-order valence-electron chi connectivity index (χ0n) is 12.2. The van der Waals surface area contributed by atoms with E-state index < -0.39 is 5.12 Å². The van der Waals surface area contributed by atoms with E-state index in [4.69, 9.17) is 9.47 Å². The van der Waals surface area contributed by atoms with E-state index in [0.29, 0.717) is 29.3 Å². The zero-order valence-corrected chi connectivity index (χ0v) is 13.0. The largest absolute Gasteiger partial charge is 0.335 e. The van der Waals surface area contributed by atoms with Crippen molar-refractivity contribution in [1.29, 1.82) is 0 Å². The predicted octanol–water partition coefficient (Wildman–Crippen LogP) is 2.87. The highest BCUT2D eigenvalue weighted by Gasteiger charge is 2.41. The van der Waals surface area contributed by atoms with Crippen molar-refractivity contribution in [3.63, 3.8) is 0 Å². The summed E-state index contributed by atoms with van der Waals surface area (Å²) in [5, 5.41) is 0.0676. The van der Waals surface area contributed by atoms with Gasteiger partial charge in [0, 0.05) is 5.56 Å². The van der Waals surface area contributed by atoms with Gasteiger partial charge in [-0.15, -0.1) is 0 Å². The van der Waals surface area contributed by atoms with Crippen LogP contribution >= 0.6 is 11.8 Å². The molecule has 0 saturated carbocycles. The van der Waals surface area contributed by atoms with Crippen LogP contribution in [0.2, 0.25) is 0 Å². The van der Waals surface area contributed by atoms with Crippen LogP contribution in [0.1, 0.15) is 5.56 Å². The fraction of sp³-hybridized carbons (Fsp3) is 0.176. The lowest BCUT2D eigenvalue weighted by Gasteiger charge is -2.26. The summed E-state index contributed by atoms with van der Waals surface area (Å²) in [6.45, 7) is 0.999. The van der Waals surface area contributed by atoms with Crippen LogP contribution in [0.4, 0.5) is 0 Å². The van der Waals surface area contributed by atoms with Crippen molar-refractivity contribution >= 4 is 22.7 Å². The Morgan fingerprint density at radius 1 is 1.00 bits per heavy atom. The SMILES string of the molecule is O=c1[nH]c(SC2(c3ccccc3)OCCO2)nc2ccccc12. The molecule has 3 aromatic rings. The quantitative estimate of drug-likeness (QED) is 0.750. The molecule has 5 nitrogen and oxygen atoms in total. The fourth-order valence-electron chi connectivity index (χ4n) is 2.56. The molecule has 4 rings (SSSR count). The van der Waals surface area contributed by atoms with E-state index >= 15 is 0 Å². The number of H-pyrrole nitrogens is 1. The van der Waals surface area contributed by atoms with Crippen molar-refractivity contribution in [2.24, 2.45) is 0 Å². The Morgan fingerprint density at radius 3 is 2.48 bits per heavy atom. The van der Waals surface area contributed by atoms with Crippen LogP contribution < -0.4 is 5.56 Å². The van der Waals surface area contributed by atoms with Gasteiger partial charge in [0.05, 0.1) is 24.1 Å². The highest BCUT2D eigenvalue weighted by atomic mass is 32.2. The third kappa shape index (κ3) is 2.65. The molecule has 116 valence electrons. The monoisotopic (exact) mass is 326 g/mol. The molecular formula is C17H14N2O3S. The van der Waals surface area contributed by atoms with E-state index in [0.717, 1.165) is 5.56 Å². The Kier molecular flexibility index (Phi) is 3.65. The van der Waals surface area contributed by atoms with Gasteiger partial charge in [-0.25, -0.2) is 4.98 Å². The maximum atomic E-state index is 12.2. The summed E-state index contributed by atoms with van der Waals surface area (Å²) in [7, 11) is 0. The smallest absolute Gasteiger partial charge is 0.259 e. The zero-order chi connectivity index (χ0) is 15.7. The van der Waals surface area contributed by atoms with Crippen LogP contribution in [0.3, 0.4) is 0 Å². The van der Waals surface area contributed by atoms with Gasteiger partial charge in [0.1, 0.15) is 0 Å². The molecule has 2 aromatic carbocycles. The first-order chi connectivity index (χ1) is 11.3. The number of hydrogen-bond donors (Lipinski definition) is 1. The maximum Gasteiger partial charge on any atom is 0.259 e. The Bertz CT molecular complexity index is 889. The lowest BCUT2D eigenvalue weighted by atomic mass is 10.2. The van der Waals surface area contributed by atoms with Gasteiger partial charge in [-0.1, -0.05) is 42.5 Å². The summed E-state index contributed by atoms with van der Waals surface area (Å²) in [6, 6.07) is 16.9. The third-order valence-corrected chi connectivity index (χ3v) is 4.74. The lowest BCUT2D eigenvalue weighted by molar-refractivity contribution is -0.0817. The average molecular weight is 326 g/mol. The highest BCUT2D eigenvalue weighted by molar-refractivity contribution is 7.99. The van der Waals surface area contributed by atoms with Crippen LogP contribution in [0.5, 0.6) is 0 Å². The molecule has 23 heavy (non-hydrogen) atoms. The molecule has 6 heteroatoms. The second kappa shape index (κ2) is 5.81. The number of rotatable bonds is 3. The topological polar surface area (TPSA) is 64.2 Å². The first-order valence-electron chi connectivity index (χ1n) is 7.28. The molecule has 1 saturated heterocycles. The summed E-state index contributed by atoms with van der Waals surface area (Å²) in [4.78, 5) is 19.5. The summed E-state index contributed by atoms with van der Waals surface area (Å²) in [5.74, 6) is 0. The molecule has 1 aromatic heterocycles. The second-order valence-corrected chi connectivity index (χ2v) is 6.24. The highest BCUT2D eigenvalue weighted by Crippen LogP contribution is 2.44. The number of benzene rings is 2. The van der Waals surface area contributed by atoms with E-state index in [1.165, 1.54) is 11.8 Å². The van der Waals surface area contributed by atoms with Gasteiger partial charge >= 0.3 is 0 Å². The van der Waals surface area contributed by atoms with E-state index in [2.05, 4.69) is 9.97 Å². The van der Waals surface area contributed by atoms with E-state index in [-0.39, 0.29) is 5.56 Å². The normalized spacial score (nSPS) is 16.7. The molecule has 1 aliphatic heterocycles. The van der Waals surface area contributed by atoms with Crippen LogP contribution in [0.25, 0.3) is 10.9 Å². The molecule has 0 bridgehead atoms. The van der Waals surface area contributed by atoms with Crippen LogP contribution in [0, 0.1) is 0 Å². The van der Waals surface area contributed by atoms with Crippen molar-refractivity contribution in [1.82, 2.24) is 9.97 Å². The van der Waals surface area contributed by atoms with Gasteiger partial charge in [-0.3, -0.25) is 4.79 Å². The van der Waals surface area contributed by atoms with Gasteiger partial charge in [0.25, 0.3) is 10.7 Å². The first kappa shape index (κ1) is 14.4. The Hall–Kier alpha value is -2.15.